The van der Waals surface area contributed by atoms with Crippen LogP contribution in [0, 0.1) is 6.92 Å². The van der Waals surface area contributed by atoms with Crippen molar-refractivity contribution >= 4 is 17.3 Å². The molecule has 0 unspecified atom stereocenters. The summed E-state index contributed by atoms with van der Waals surface area (Å²) in [6.07, 6.45) is 1.72. The first-order valence-electron chi connectivity index (χ1n) is 7.90. The second-order valence-electron chi connectivity index (χ2n) is 5.97. The Morgan fingerprint density at radius 1 is 1.09 bits per heavy atom. The number of rotatable bonds is 3. The van der Waals surface area contributed by atoms with Gasteiger partial charge in [-0.1, -0.05) is 18.2 Å². The molecule has 23 heavy (non-hydrogen) atoms. The van der Waals surface area contributed by atoms with Crippen LogP contribution in [0.2, 0.25) is 0 Å². The topological polar surface area (TPSA) is 48.5 Å². The zero-order chi connectivity index (χ0) is 16.2. The van der Waals surface area contributed by atoms with Gasteiger partial charge in [0.15, 0.2) is 0 Å². The van der Waals surface area contributed by atoms with E-state index in [1.807, 2.05) is 29.2 Å². The highest BCUT2D eigenvalue weighted by Gasteiger charge is 2.21. The summed E-state index contributed by atoms with van der Waals surface area (Å²) in [5, 5.41) is 3.33. The van der Waals surface area contributed by atoms with Crippen molar-refractivity contribution in [1.29, 1.82) is 0 Å². The third kappa shape index (κ3) is 3.68. The number of anilines is 2. The molecule has 0 radical (unpaired) electrons. The standard InChI is InChI=1S/C18H22N4O/c1-14-5-3-4-6-16(14)20-15-7-8-17(19-13-15)18(23)22-11-9-21(2)10-12-22/h3-8,13,20H,9-12H2,1-2H3. The van der Waals surface area contributed by atoms with Crippen molar-refractivity contribution in [1.82, 2.24) is 14.8 Å². The fourth-order valence-corrected chi connectivity index (χ4v) is 2.63. The Hall–Kier alpha value is -2.40. The van der Waals surface area contributed by atoms with Gasteiger partial charge < -0.3 is 15.1 Å². The second kappa shape index (κ2) is 6.79. The third-order valence-electron chi connectivity index (χ3n) is 4.20. The monoisotopic (exact) mass is 310 g/mol. The average molecular weight is 310 g/mol. The highest BCUT2D eigenvalue weighted by molar-refractivity contribution is 5.92. The molecule has 0 atom stereocenters. The Morgan fingerprint density at radius 3 is 2.48 bits per heavy atom. The van der Waals surface area contributed by atoms with E-state index in [-0.39, 0.29) is 5.91 Å². The summed E-state index contributed by atoms with van der Waals surface area (Å²) in [5.41, 5.74) is 3.61. The molecule has 0 bridgehead atoms. The third-order valence-corrected chi connectivity index (χ3v) is 4.20. The van der Waals surface area contributed by atoms with Crippen molar-refractivity contribution < 1.29 is 4.79 Å². The summed E-state index contributed by atoms with van der Waals surface area (Å²) >= 11 is 0. The lowest BCUT2D eigenvalue weighted by atomic mass is 10.2. The maximum Gasteiger partial charge on any atom is 0.272 e. The first kappa shape index (κ1) is 15.5. The summed E-state index contributed by atoms with van der Waals surface area (Å²) in [4.78, 5) is 20.9. The van der Waals surface area contributed by atoms with Crippen LogP contribution >= 0.6 is 0 Å². The minimum Gasteiger partial charge on any atom is -0.354 e. The van der Waals surface area contributed by atoms with Gasteiger partial charge in [0.05, 0.1) is 11.9 Å². The maximum absolute atomic E-state index is 12.5. The van der Waals surface area contributed by atoms with Crippen molar-refractivity contribution in [2.24, 2.45) is 0 Å². The van der Waals surface area contributed by atoms with E-state index >= 15 is 0 Å². The Bertz CT molecular complexity index is 676. The van der Waals surface area contributed by atoms with Crippen LogP contribution < -0.4 is 5.32 Å². The number of benzene rings is 1. The quantitative estimate of drug-likeness (QED) is 0.946. The van der Waals surface area contributed by atoms with E-state index in [1.54, 1.807) is 12.3 Å². The highest BCUT2D eigenvalue weighted by Crippen LogP contribution is 2.19. The summed E-state index contributed by atoms with van der Waals surface area (Å²) < 4.78 is 0. The second-order valence-corrected chi connectivity index (χ2v) is 5.97. The number of nitrogens with zero attached hydrogens (tertiary/aromatic N) is 3. The van der Waals surface area contributed by atoms with Crippen molar-refractivity contribution in [3.63, 3.8) is 0 Å². The number of aromatic nitrogens is 1. The number of para-hydroxylation sites is 1. The Kier molecular flexibility index (Phi) is 4.57. The lowest BCUT2D eigenvalue weighted by molar-refractivity contribution is 0.0658. The zero-order valence-corrected chi connectivity index (χ0v) is 13.6. The van der Waals surface area contributed by atoms with E-state index in [0.717, 1.165) is 37.6 Å². The predicted octanol–water partition coefficient (Wildman–Crippen LogP) is 2.52. The number of piperazine rings is 1. The molecule has 1 N–H and O–H groups in total. The molecule has 1 aromatic heterocycles. The molecule has 5 nitrogen and oxygen atoms in total. The number of carbonyl (C=O) groups excluding carboxylic acids is 1. The highest BCUT2D eigenvalue weighted by atomic mass is 16.2. The van der Waals surface area contributed by atoms with E-state index in [9.17, 15) is 4.79 Å². The van der Waals surface area contributed by atoms with Gasteiger partial charge in [-0.3, -0.25) is 4.79 Å². The molecule has 5 heteroatoms. The number of carbonyl (C=O) groups is 1. The molecule has 0 spiro atoms. The van der Waals surface area contributed by atoms with Gasteiger partial charge in [-0.15, -0.1) is 0 Å². The van der Waals surface area contributed by atoms with Gasteiger partial charge in [-0.05, 0) is 37.7 Å². The minimum atomic E-state index is 0.0144. The number of hydrogen-bond donors (Lipinski definition) is 1. The Labute approximate surface area is 136 Å². The van der Waals surface area contributed by atoms with Crippen molar-refractivity contribution in [2.75, 3.05) is 38.5 Å². The number of amides is 1. The summed E-state index contributed by atoms with van der Waals surface area (Å²) in [6, 6.07) is 11.8. The maximum atomic E-state index is 12.5. The fraction of sp³-hybridized carbons (Fsp3) is 0.333. The molecule has 1 aromatic carbocycles. The zero-order valence-electron chi connectivity index (χ0n) is 13.6. The summed E-state index contributed by atoms with van der Waals surface area (Å²) in [5.74, 6) is 0.0144. The molecule has 0 aliphatic carbocycles. The van der Waals surface area contributed by atoms with Gasteiger partial charge in [0.2, 0.25) is 0 Å². The lowest BCUT2D eigenvalue weighted by Crippen LogP contribution is -2.47. The van der Waals surface area contributed by atoms with Crippen molar-refractivity contribution in [2.45, 2.75) is 6.92 Å². The van der Waals surface area contributed by atoms with Gasteiger partial charge in [0, 0.05) is 31.9 Å². The first-order valence-corrected chi connectivity index (χ1v) is 7.90. The summed E-state index contributed by atoms with van der Waals surface area (Å²) in [7, 11) is 2.08. The molecule has 1 saturated heterocycles. The molecule has 3 rings (SSSR count). The Morgan fingerprint density at radius 2 is 1.83 bits per heavy atom. The molecule has 1 amide bonds. The van der Waals surface area contributed by atoms with Crippen LogP contribution in [0.25, 0.3) is 0 Å². The summed E-state index contributed by atoms with van der Waals surface area (Å²) in [6.45, 7) is 5.42. The van der Waals surface area contributed by atoms with Crippen LogP contribution in [0.5, 0.6) is 0 Å². The van der Waals surface area contributed by atoms with Gasteiger partial charge in [0.1, 0.15) is 5.69 Å². The molecule has 1 fully saturated rings. The number of aryl methyl sites for hydroxylation is 1. The van der Waals surface area contributed by atoms with Gasteiger partial charge in [-0.25, -0.2) is 4.98 Å². The SMILES string of the molecule is Cc1ccccc1Nc1ccc(C(=O)N2CCN(C)CC2)nc1. The van der Waals surface area contributed by atoms with Crippen molar-refractivity contribution in [3.8, 4) is 0 Å². The minimum absolute atomic E-state index is 0.0144. The van der Waals surface area contributed by atoms with Crippen LogP contribution in [0.4, 0.5) is 11.4 Å². The number of hydrogen-bond acceptors (Lipinski definition) is 4. The predicted molar refractivity (Wildman–Crippen MR) is 92.1 cm³/mol. The van der Waals surface area contributed by atoms with Crippen molar-refractivity contribution in [3.05, 3.63) is 53.9 Å². The molecule has 2 aromatic rings. The molecule has 1 aliphatic heterocycles. The van der Waals surface area contributed by atoms with Crippen LogP contribution in [-0.4, -0.2) is 53.9 Å². The molecular weight excluding hydrogens is 288 g/mol. The molecule has 120 valence electrons. The van der Waals surface area contributed by atoms with Gasteiger partial charge in [-0.2, -0.15) is 0 Å². The van der Waals surface area contributed by atoms with E-state index in [2.05, 4.69) is 35.2 Å². The number of pyridine rings is 1. The number of likely N-dealkylation sites (N-methyl/N-ethyl adjacent to an activating group) is 1. The normalized spacial score (nSPS) is 15.5. The van der Waals surface area contributed by atoms with E-state index < -0.39 is 0 Å². The van der Waals surface area contributed by atoms with E-state index in [0.29, 0.717) is 5.69 Å². The van der Waals surface area contributed by atoms with E-state index in [1.165, 1.54) is 5.56 Å². The lowest BCUT2D eigenvalue weighted by Gasteiger charge is -2.32. The van der Waals surface area contributed by atoms with Crippen LogP contribution in [0.1, 0.15) is 16.1 Å². The van der Waals surface area contributed by atoms with Crippen LogP contribution in [0.15, 0.2) is 42.6 Å². The van der Waals surface area contributed by atoms with Gasteiger partial charge in [0.25, 0.3) is 5.91 Å². The molecular formula is C18H22N4O. The first-order chi connectivity index (χ1) is 11.1. The molecule has 2 heterocycles. The molecule has 0 saturated carbocycles. The largest absolute Gasteiger partial charge is 0.354 e. The fourth-order valence-electron chi connectivity index (χ4n) is 2.63. The van der Waals surface area contributed by atoms with Gasteiger partial charge >= 0.3 is 0 Å². The Balaban J connectivity index is 1.67. The number of nitrogens with one attached hydrogen (secondary N) is 1. The average Bonchev–Trinajstić information content (AvgIpc) is 2.58. The van der Waals surface area contributed by atoms with Crippen LogP contribution in [-0.2, 0) is 0 Å². The molecule has 1 aliphatic rings. The van der Waals surface area contributed by atoms with Crippen LogP contribution in [0.3, 0.4) is 0 Å². The smallest absolute Gasteiger partial charge is 0.272 e. The van der Waals surface area contributed by atoms with E-state index in [4.69, 9.17) is 0 Å².